The Morgan fingerprint density at radius 1 is 0.769 bits per heavy atom. The topological polar surface area (TPSA) is 153 Å². The number of carboxylic acids is 1. The van der Waals surface area contributed by atoms with Crippen LogP contribution in [0.15, 0.2) is 41.5 Å². The molecule has 0 spiro atoms. The third-order valence-electron chi connectivity index (χ3n) is 5.32. The molecule has 0 aromatic heterocycles. The highest BCUT2D eigenvalue weighted by Gasteiger charge is 2.31. The SMILES string of the molecule is COCC(COC)=C(CC(=O)OCc1ccccc1)C(=O)OC.COCC(COC)[C@H](CC(=O)OC)C(=O)O. The molecule has 39 heavy (non-hydrogen) atoms. The second kappa shape index (κ2) is 21.6. The number of benzene rings is 1. The minimum atomic E-state index is -1.05. The van der Waals surface area contributed by atoms with Crippen LogP contribution in [0.4, 0.5) is 0 Å². The van der Waals surface area contributed by atoms with Crippen molar-refractivity contribution < 1.29 is 57.4 Å². The van der Waals surface area contributed by atoms with E-state index < -0.39 is 29.8 Å². The summed E-state index contributed by atoms with van der Waals surface area (Å²) in [5.74, 6) is -3.93. The zero-order chi connectivity index (χ0) is 29.6. The van der Waals surface area contributed by atoms with Gasteiger partial charge in [0.2, 0.25) is 0 Å². The molecule has 0 bridgehead atoms. The van der Waals surface area contributed by atoms with Crippen LogP contribution in [0.3, 0.4) is 0 Å². The molecule has 0 heterocycles. The monoisotopic (exact) mass is 556 g/mol. The number of methoxy groups -OCH3 is 6. The number of carbonyl (C=O) groups is 4. The van der Waals surface area contributed by atoms with E-state index in [0.717, 1.165) is 5.56 Å². The van der Waals surface area contributed by atoms with Gasteiger partial charge in [-0.05, 0) is 11.1 Å². The maximum Gasteiger partial charge on any atom is 0.334 e. The molecule has 1 aromatic rings. The number of esters is 3. The van der Waals surface area contributed by atoms with Gasteiger partial charge in [-0.25, -0.2) is 4.79 Å². The first kappa shape index (κ1) is 35.7. The summed E-state index contributed by atoms with van der Waals surface area (Å²) >= 11 is 0. The van der Waals surface area contributed by atoms with Crippen molar-refractivity contribution >= 4 is 23.9 Å². The van der Waals surface area contributed by atoms with Crippen molar-refractivity contribution in [2.75, 3.05) is 69.1 Å². The van der Waals surface area contributed by atoms with Gasteiger partial charge in [-0.1, -0.05) is 30.3 Å². The van der Waals surface area contributed by atoms with Gasteiger partial charge >= 0.3 is 23.9 Å². The third-order valence-corrected chi connectivity index (χ3v) is 5.32. The summed E-state index contributed by atoms with van der Waals surface area (Å²) in [6.45, 7) is 0.941. The Hall–Kier alpha value is -3.32. The van der Waals surface area contributed by atoms with Crippen molar-refractivity contribution in [1.29, 1.82) is 0 Å². The van der Waals surface area contributed by atoms with Gasteiger partial charge in [-0.2, -0.15) is 0 Å². The number of aliphatic carboxylic acids is 1. The van der Waals surface area contributed by atoms with E-state index in [-0.39, 0.29) is 57.4 Å². The lowest BCUT2D eigenvalue weighted by Gasteiger charge is -2.21. The van der Waals surface area contributed by atoms with Crippen molar-refractivity contribution in [2.45, 2.75) is 19.4 Å². The Kier molecular flexibility index (Phi) is 19.8. The summed E-state index contributed by atoms with van der Waals surface area (Å²) in [5.41, 5.74) is 1.63. The van der Waals surface area contributed by atoms with Crippen LogP contribution in [0.25, 0.3) is 0 Å². The van der Waals surface area contributed by atoms with Crippen LogP contribution < -0.4 is 0 Å². The Morgan fingerprint density at radius 3 is 1.77 bits per heavy atom. The van der Waals surface area contributed by atoms with Gasteiger partial charge in [-0.3, -0.25) is 14.4 Å². The molecule has 1 aromatic carbocycles. The summed E-state index contributed by atoms with van der Waals surface area (Å²) in [5, 5.41) is 9.02. The minimum Gasteiger partial charge on any atom is -0.481 e. The number of ether oxygens (including phenoxy) is 7. The van der Waals surface area contributed by atoms with Gasteiger partial charge in [0.15, 0.2) is 0 Å². The van der Waals surface area contributed by atoms with Crippen LogP contribution in [0.2, 0.25) is 0 Å². The normalized spacial score (nSPS) is 11.1. The molecule has 0 aliphatic heterocycles. The molecule has 0 amide bonds. The summed E-state index contributed by atoms with van der Waals surface area (Å²) < 4.78 is 34.3. The fourth-order valence-corrected chi connectivity index (χ4v) is 3.39. The molecule has 1 rings (SSSR count). The van der Waals surface area contributed by atoms with Gasteiger partial charge in [0.1, 0.15) is 6.61 Å². The van der Waals surface area contributed by atoms with E-state index in [0.29, 0.717) is 5.57 Å². The lowest BCUT2D eigenvalue weighted by molar-refractivity contribution is -0.153. The van der Waals surface area contributed by atoms with Gasteiger partial charge < -0.3 is 38.3 Å². The van der Waals surface area contributed by atoms with E-state index >= 15 is 0 Å². The second-order valence-electron chi connectivity index (χ2n) is 8.16. The highest BCUT2D eigenvalue weighted by molar-refractivity contribution is 5.94. The van der Waals surface area contributed by atoms with E-state index in [1.165, 1.54) is 42.7 Å². The third kappa shape index (κ3) is 15.0. The van der Waals surface area contributed by atoms with E-state index in [1.54, 1.807) is 0 Å². The molecule has 220 valence electrons. The minimum absolute atomic E-state index is 0.151. The van der Waals surface area contributed by atoms with Crippen LogP contribution in [0, 0.1) is 11.8 Å². The molecule has 1 atom stereocenters. The lowest BCUT2D eigenvalue weighted by Crippen LogP contribution is -2.32. The quantitative estimate of drug-likeness (QED) is 0.170. The molecular formula is C27H40O12. The molecule has 0 radical (unpaired) electrons. The number of carboxylic acid groups (broad SMARTS) is 1. The average molecular weight is 557 g/mol. The molecule has 0 unspecified atom stereocenters. The zero-order valence-corrected chi connectivity index (χ0v) is 23.4. The van der Waals surface area contributed by atoms with E-state index in [4.69, 9.17) is 33.5 Å². The van der Waals surface area contributed by atoms with Gasteiger partial charge in [0.25, 0.3) is 0 Å². The van der Waals surface area contributed by atoms with Gasteiger partial charge in [0.05, 0.1) is 65.0 Å². The maximum atomic E-state index is 12.0. The van der Waals surface area contributed by atoms with Crippen molar-refractivity contribution in [3.05, 3.63) is 47.0 Å². The highest BCUT2D eigenvalue weighted by atomic mass is 16.5. The average Bonchev–Trinajstić information content (AvgIpc) is 2.93. The number of carbonyl (C=O) groups excluding carboxylic acids is 3. The van der Waals surface area contributed by atoms with Crippen molar-refractivity contribution in [3.8, 4) is 0 Å². The fourth-order valence-electron chi connectivity index (χ4n) is 3.39. The van der Waals surface area contributed by atoms with E-state index in [9.17, 15) is 19.2 Å². The summed E-state index contributed by atoms with van der Waals surface area (Å²) in [7, 11) is 8.42. The zero-order valence-electron chi connectivity index (χ0n) is 23.4. The predicted molar refractivity (Wildman–Crippen MR) is 139 cm³/mol. The van der Waals surface area contributed by atoms with Crippen molar-refractivity contribution in [2.24, 2.45) is 11.8 Å². The van der Waals surface area contributed by atoms with Crippen LogP contribution in [-0.2, 0) is 58.9 Å². The molecule has 0 aliphatic carbocycles. The summed E-state index contributed by atoms with van der Waals surface area (Å²) in [6, 6.07) is 9.30. The second-order valence-corrected chi connectivity index (χ2v) is 8.16. The molecule has 0 saturated carbocycles. The number of hydrogen-bond acceptors (Lipinski definition) is 11. The van der Waals surface area contributed by atoms with E-state index in [1.807, 2.05) is 30.3 Å². The largest absolute Gasteiger partial charge is 0.481 e. The van der Waals surface area contributed by atoms with Gasteiger partial charge in [0, 0.05) is 34.4 Å². The lowest BCUT2D eigenvalue weighted by atomic mass is 9.90. The molecule has 12 nitrogen and oxygen atoms in total. The van der Waals surface area contributed by atoms with Crippen molar-refractivity contribution in [1.82, 2.24) is 0 Å². The summed E-state index contributed by atoms with van der Waals surface area (Å²) in [4.78, 5) is 46.0. The molecule has 0 aliphatic rings. The Morgan fingerprint density at radius 2 is 1.33 bits per heavy atom. The van der Waals surface area contributed by atoms with E-state index in [2.05, 4.69) is 4.74 Å². The van der Waals surface area contributed by atoms with Crippen LogP contribution in [0.1, 0.15) is 18.4 Å². The first-order valence-electron chi connectivity index (χ1n) is 11.9. The molecule has 12 heteroatoms. The summed E-state index contributed by atoms with van der Waals surface area (Å²) in [6.07, 6.45) is -0.370. The van der Waals surface area contributed by atoms with Crippen LogP contribution in [0.5, 0.6) is 0 Å². The first-order chi connectivity index (χ1) is 18.7. The first-order valence-corrected chi connectivity index (χ1v) is 11.9. The Labute approximate surface area is 229 Å². The Bertz CT molecular complexity index is 883. The maximum absolute atomic E-state index is 12.0. The molecule has 0 saturated heterocycles. The van der Waals surface area contributed by atoms with Crippen LogP contribution in [-0.4, -0.2) is 98.1 Å². The smallest absolute Gasteiger partial charge is 0.334 e. The van der Waals surface area contributed by atoms with Crippen LogP contribution >= 0.6 is 0 Å². The number of rotatable bonds is 17. The predicted octanol–water partition coefficient (Wildman–Crippen LogP) is 2.04. The molecule has 0 fully saturated rings. The standard InChI is InChI=1S/C17H22O6.C10H18O6/c1-20-11-14(12-21-2)15(17(19)22-3)9-16(18)23-10-13-7-5-4-6-8-13;1-14-5-7(6-15-2)8(10(12)13)4-9(11)16-3/h4-8H,9-12H2,1-3H3;7-8H,4-6H2,1-3H3,(H,12,13)/t;8-/m.0/s1. The van der Waals surface area contributed by atoms with Gasteiger partial charge in [-0.15, -0.1) is 0 Å². The number of hydrogen-bond donors (Lipinski definition) is 1. The highest BCUT2D eigenvalue weighted by Crippen LogP contribution is 2.18. The molecule has 1 N–H and O–H groups in total. The fraction of sp³-hybridized carbons (Fsp3) is 0.556. The Balaban J connectivity index is 0.000000794. The molecular weight excluding hydrogens is 516 g/mol. The van der Waals surface area contributed by atoms with Crippen molar-refractivity contribution in [3.63, 3.8) is 0 Å².